The van der Waals surface area contributed by atoms with E-state index < -0.39 is 0 Å². The van der Waals surface area contributed by atoms with E-state index in [2.05, 4.69) is 15.7 Å². The molecule has 22 heavy (non-hydrogen) atoms. The minimum Gasteiger partial charge on any atom is -0.315 e. The fourth-order valence-electron chi connectivity index (χ4n) is 4.29. The molecule has 0 bridgehead atoms. The molecule has 0 radical (unpaired) electrons. The van der Waals surface area contributed by atoms with Crippen LogP contribution in [-0.2, 0) is 4.79 Å². The smallest absolute Gasteiger partial charge is 0.228 e. The first-order valence-electron chi connectivity index (χ1n) is 8.88. The molecular weight excluding hydrogens is 276 g/mol. The quantitative estimate of drug-likeness (QED) is 0.898. The lowest BCUT2D eigenvalue weighted by atomic mass is 9.85. The maximum Gasteiger partial charge on any atom is 0.228 e. The number of aromatic nitrogens is 2. The number of anilines is 1. The standard InChI is InChI=1S/C17H26N4O/c22-17(15-10-14(15)12-4-2-1-3-5-12)19-16-7-9-21(20-16)13-6-8-18-11-13/h7,9,12-15,18H,1-6,8,10-11H2,(H,19,20,22)/t13-,14-,15-/m1/s1. The zero-order valence-electron chi connectivity index (χ0n) is 13.1. The Morgan fingerprint density at radius 2 is 2.14 bits per heavy atom. The summed E-state index contributed by atoms with van der Waals surface area (Å²) in [5.74, 6) is 2.58. The molecular formula is C17H26N4O. The first-order chi connectivity index (χ1) is 10.8. The van der Waals surface area contributed by atoms with Gasteiger partial charge in [0.25, 0.3) is 0 Å². The Morgan fingerprint density at radius 1 is 1.27 bits per heavy atom. The maximum absolute atomic E-state index is 12.4. The molecule has 120 valence electrons. The number of carbonyl (C=O) groups is 1. The second-order valence-electron chi connectivity index (χ2n) is 7.22. The molecule has 1 aliphatic heterocycles. The van der Waals surface area contributed by atoms with Crippen LogP contribution in [0.2, 0.25) is 0 Å². The van der Waals surface area contributed by atoms with Gasteiger partial charge < -0.3 is 10.6 Å². The van der Waals surface area contributed by atoms with Gasteiger partial charge in [-0.05, 0) is 31.2 Å². The van der Waals surface area contributed by atoms with Crippen LogP contribution in [-0.4, -0.2) is 28.8 Å². The van der Waals surface area contributed by atoms with Crippen LogP contribution in [0.25, 0.3) is 0 Å². The summed E-state index contributed by atoms with van der Waals surface area (Å²) in [6, 6.07) is 2.36. The number of hydrogen-bond donors (Lipinski definition) is 2. The number of nitrogens with zero attached hydrogens (tertiary/aromatic N) is 2. The van der Waals surface area contributed by atoms with E-state index in [-0.39, 0.29) is 11.8 Å². The largest absolute Gasteiger partial charge is 0.315 e. The minimum absolute atomic E-state index is 0.186. The van der Waals surface area contributed by atoms with Crippen molar-refractivity contribution in [3.63, 3.8) is 0 Å². The lowest BCUT2D eigenvalue weighted by molar-refractivity contribution is -0.117. The molecule has 2 N–H and O–H groups in total. The number of nitrogens with one attached hydrogen (secondary N) is 2. The second-order valence-corrected chi connectivity index (χ2v) is 7.22. The van der Waals surface area contributed by atoms with E-state index in [1.807, 2.05) is 16.9 Å². The molecule has 5 nitrogen and oxygen atoms in total. The Hall–Kier alpha value is -1.36. The molecule has 0 aromatic carbocycles. The van der Waals surface area contributed by atoms with Gasteiger partial charge in [-0.3, -0.25) is 9.48 Å². The second kappa shape index (κ2) is 6.03. The lowest BCUT2D eigenvalue weighted by Crippen LogP contribution is -2.19. The van der Waals surface area contributed by atoms with Gasteiger partial charge in [0.05, 0.1) is 6.04 Å². The van der Waals surface area contributed by atoms with Gasteiger partial charge >= 0.3 is 0 Å². The summed E-state index contributed by atoms with van der Waals surface area (Å²) in [7, 11) is 0. The SMILES string of the molecule is O=C(Nc1ccn([C@@H]2CCNC2)n1)[C@@H]1C[C@@H]1C1CCCCC1. The van der Waals surface area contributed by atoms with Crippen LogP contribution in [0.1, 0.15) is 51.0 Å². The van der Waals surface area contributed by atoms with Crippen molar-refractivity contribution in [2.24, 2.45) is 17.8 Å². The fourth-order valence-corrected chi connectivity index (χ4v) is 4.29. The summed E-state index contributed by atoms with van der Waals surface area (Å²) in [5, 5.41) is 10.9. The van der Waals surface area contributed by atoms with Gasteiger partial charge in [-0.15, -0.1) is 0 Å². The molecule has 3 fully saturated rings. The lowest BCUT2D eigenvalue weighted by Gasteiger charge is -2.21. The molecule has 0 spiro atoms. The van der Waals surface area contributed by atoms with Crippen LogP contribution in [0.15, 0.2) is 12.3 Å². The zero-order valence-corrected chi connectivity index (χ0v) is 13.1. The Morgan fingerprint density at radius 3 is 2.91 bits per heavy atom. The molecule has 1 aromatic rings. The highest BCUT2D eigenvalue weighted by Gasteiger charge is 2.47. The molecule has 4 rings (SSSR count). The first kappa shape index (κ1) is 14.2. The number of rotatable bonds is 4. The summed E-state index contributed by atoms with van der Waals surface area (Å²) < 4.78 is 1.99. The van der Waals surface area contributed by atoms with Crippen molar-refractivity contribution >= 4 is 11.7 Å². The van der Waals surface area contributed by atoms with Crippen molar-refractivity contribution in [1.82, 2.24) is 15.1 Å². The average Bonchev–Trinajstić information content (AvgIpc) is 2.95. The van der Waals surface area contributed by atoms with E-state index in [1.54, 1.807) is 0 Å². The van der Waals surface area contributed by atoms with Crippen molar-refractivity contribution in [2.75, 3.05) is 18.4 Å². The first-order valence-corrected chi connectivity index (χ1v) is 8.88. The van der Waals surface area contributed by atoms with Gasteiger partial charge in [0, 0.05) is 24.7 Å². The van der Waals surface area contributed by atoms with Gasteiger partial charge in [-0.1, -0.05) is 32.1 Å². The van der Waals surface area contributed by atoms with Crippen LogP contribution in [0.5, 0.6) is 0 Å². The van der Waals surface area contributed by atoms with E-state index >= 15 is 0 Å². The molecule has 1 saturated heterocycles. The summed E-state index contributed by atoms with van der Waals surface area (Å²) in [6.07, 6.45) is 10.9. The summed E-state index contributed by atoms with van der Waals surface area (Å²) in [6.45, 7) is 2.03. The molecule has 3 atom stereocenters. The van der Waals surface area contributed by atoms with Crippen LogP contribution in [0, 0.1) is 17.8 Å². The molecule has 1 amide bonds. The van der Waals surface area contributed by atoms with Gasteiger partial charge in [0.1, 0.15) is 0 Å². The van der Waals surface area contributed by atoms with Crippen molar-refractivity contribution in [1.29, 1.82) is 0 Å². The van der Waals surface area contributed by atoms with Gasteiger partial charge in [0.2, 0.25) is 5.91 Å². The predicted molar refractivity (Wildman–Crippen MR) is 85.6 cm³/mol. The molecule has 5 heteroatoms. The third kappa shape index (κ3) is 2.91. The Labute approximate surface area is 131 Å². The number of amides is 1. The fraction of sp³-hybridized carbons (Fsp3) is 0.765. The highest BCUT2D eigenvalue weighted by molar-refractivity contribution is 5.93. The van der Waals surface area contributed by atoms with Crippen LogP contribution in [0.4, 0.5) is 5.82 Å². The third-order valence-corrected chi connectivity index (χ3v) is 5.70. The monoisotopic (exact) mass is 302 g/mol. The van der Waals surface area contributed by atoms with Crippen molar-refractivity contribution in [2.45, 2.75) is 51.0 Å². The highest BCUT2D eigenvalue weighted by Crippen LogP contribution is 2.49. The summed E-state index contributed by atoms with van der Waals surface area (Å²) in [5.41, 5.74) is 0. The molecule has 2 saturated carbocycles. The van der Waals surface area contributed by atoms with Gasteiger partial charge in [0.15, 0.2) is 5.82 Å². The van der Waals surface area contributed by atoms with E-state index in [0.717, 1.165) is 31.8 Å². The van der Waals surface area contributed by atoms with Crippen molar-refractivity contribution in [3.8, 4) is 0 Å². The minimum atomic E-state index is 0.186. The normalized spacial score (nSPS) is 32.1. The van der Waals surface area contributed by atoms with Crippen molar-refractivity contribution in [3.05, 3.63) is 12.3 Å². The van der Waals surface area contributed by atoms with Crippen molar-refractivity contribution < 1.29 is 4.79 Å². The molecule has 3 aliphatic rings. The zero-order chi connectivity index (χ0) is 14.9. The molecule has 2 aliphatic carbocycles. The molecule has 2 heterocycles. The van der Waals surface area contributed by atoms with E-state index in [0.29, 0.717) is 17.8 Å². The Bertz CT molecular complexity index is 529. The molecule has 1 aromatic heterocycles. The molecule has 0 unspecified atom stereocenters. The number of hydrogen-bond acceptors (Lipinski definition) is 3. The Balaban J connectivity index is 1.31. The summed E-state index contributed by atoms with van der Waals surface area (Å²) >= 11 is 0. The highest BCUT2D eigenvalue weighted by atomic mass is 16.2. The van der Waals surface area contributed by atoms with E-state index in [9.17, 15) is 4.79 Å². The summed E-state index contributed by atoms with van der Waals surface area (Å²) in [4.78, 5) is 12.4. The third-order valence-electron chi connectivity index (χ3n) is 5.70. The van der Waals surface area contributed by atoms with Gasteiger partial charge in [-0.25, -0.2) is 0 Å². The van der Waals surface area contributed by atoms with E-state index in [4.69, 9.17) is 0 Å². The van der Waals surface area contributed by atoms with Crippen LogP contribution < -0.4 is 10.6 Å². The maximum atomic E-state index is 12.4. The van der Waals surface area contributed by atoms with Crippen LogP contribution >= 0.6 is 0 Å². The number of carbonyl (C=O) groups excluding carboxylic acids is 1. The Kier molecular flexibility index (Phi) is 3.90. The topological polar surface area (TPSA) is 59.0 Å². The predicted octanol–water partition coefficient (Wildman–Crippen LogP) is 2.57. The van der Waals surface area contributed by atoms with Crippen LogP contribution in [0.3, 0.4) is 0 Å². The average molecular weight is 302 g/mol. The van der Waals surface area contributed by atoms with Gasteiger partial charge in [-0.2, -0.15) is 5.10 Å². The van der Waals surface area contributed by atoms with E-state index in [1.165, 1.54) is 32.1 Å².